The average molecular weight is 286 g/mol. The van der Waals surface area contributed by atoms with E-state index in [-0.39, 0.29) is 0 Å². The largest absolute Gasteiger partial charge is 0.478 e. The Hall–Kier alpha value is -1.07. The van der Waals surface area contributed by atoms with E-state index in [0.717, 1.165) is 4.47 Å². The first-order valence-corrected chi connectivity index (χ1v) is 5.95. The molecule has 1 N–H and O–H groups in total. The fraction of sp³-hybridized carbons (Fsp3) is 0.100. The van der Waals surface area contributed by atoms with E-state index in [1.807, 2.05) is 16.0 Å². The summed E-state index contributed by atoms with van der Waals surface area (Å²) in [6.45, 7) is 0.700. The highest BCUT2D eigenvalue weighted by Crippen LogP contribution is 2.23. The molecular formula is C10H8BrNO2S. The van der Waals surface area contributed by atoms with Crippen LogP contribution in [0.1, 0.15) is 15.2 Å². The van der Waals surface area contributed by atoms with Gasteiger partial charge in [0.05, 0.1) is 12.1 Å². The minimum Gasteiger partial charge on any atom is -0.478 e. The van der Waals surface area contributed by atoms with Crippen molar-refractivity contribution in [1.29, 1.82) is 0 Å². The van der Waals surface area contributed by atoms with Crippen LogP contribution in [0.2, 0.25) is 0 Å². The Kier molecular flexibility index (Phi) is 2.93. The third kappa shape index (κ3) is 2.30. The van der Waals surface area contributed by atoms with Gasteiger partial charge in [-0.2, -0.15) is 0 Å². The maximum absolute atomic E-state index is 10.7. The first-order valence-electron chi connectivity index (χ1n) is 4.28. The molecule has 0 aliphatic heterocycles. The fourth-order valence-corrected chi connectivity index (χ4v) is 2.75. The summed E-state index contributed by atoms with van der Waals surface area (Å²) in [7, 11) is 0. The molecule has 0 aliphatic carbocycles. The molecule has 0 atom stereocenters. The second kappa shape index (κ2) is 4.20. The van der Waals surface area contributed by atoms with Gasteiger partial charge >= 0.3 is 5.97 Å². The van der Waals surface area contributed by atoms with E-state index in [9.17, 15) is 4.79 Å². The highest BCUT2D eigenvalue weighted by Gasteiger charge is 2.06. The lowest BCUT2D eigenvalue weighted by Crippen LogP contribution is -1.96. The van der Waals surface area contributed by atoms with Gasteiger partial charge in [-0.3, -0.25) is 0 Å². The molecule has 3 nitrogen and oxygen atoms in total. The molecule has 2 aromatic heterocycles. The van der Waals surface area contributed by atoms with E-state index in [4.69, 9.17) is 5.11 Å². The Morgan fingerprint density at radius 3 is 2.87 bits per heavy atom. The van der Waals surface area contributed by atoms with E-state index in [1.54, 1.807) is 29.8 Å². The summed E-state index contributed by atoms with van der Waals surface area (Å²) in [6, 6.07) is 3.59. The normalized spacial score (nSPS) is 10.5. The van der Waals surface area contributed by atoms with Crippen molar-refractivity contribution in [2.45, 2.75) is 6.54 Å². The van der Waals surface area contributed by atoms with Gasteiger partial charge in [0, 0.05) is 21.7 Å². The molecular weight excluding hydrogens is 278 g/mol. The quantitative estimate of drug-likeness (QED) is 0.942. The molecule has 0 radical (unpaired) electrons. The van der Waals surface area contributed by atoms with Crippen LogP contribution in [-0.2, 0) is 6.54 Å². The minimum absolute atomic E-state index is 0.322. The molecule has 0 saturated carbocycles. The number of carboxylic acids is 1. The summed E-state index contributed by atoms with van der Waals surface area (Å²) in [5.74, 6) is -0.890. The van der Waals surface area contributed by atoms with Gasteiger partial charge in [0.1, 0.15) is 0 Å². The number of hydrogen-bond acceptors (Lipinski definition) is 2. The Morgan fingerprint density at radius 2 is 2.33 bits per heavy atom. The maximum Gasteiger partial charge on any atom is 0.337 e. The SMILES string of the molecule is O=C(O)c1ccn(Cc2sccc2Br)c1. The summed E-state index contributed by atoms with van der Waals surface area (Å²) in [5.41, 5.74) is 0.322. The van der Waals surface area contributed by atoms with Crippen molar-refractivity contribution in [3.05, 3.63) is 44.8 Å². The summed E-state index contributed by atoms with van der Waals surface area (Å²) in [4.78, 5) is 11.8. The van der Waals surface area contributed by atoms with E-state index >= 15 is 0 Å². The average Bonchev–Trinajstić information content (AvgIpc) is 2.77. The summed E-state index contributed by atoms with van der Waals surface area (Å²) >= 11 is 5.09. The van der Waals surface area contributed by atoms with Crippen LogP contribution in [0.25, 0.3) is 0 Å². The molecule has 2 aromatic rings. The standard InChI is InChI=1S/C10H8BrNO2S/c11-8-2-4-15-9(8)6-12-3-1-7(5-12)10(13)14/h1-5H,6H2,(H,13,14). The van der Waals surface area contributed by atoms with E-state index in [0.29, 0.717) is 12.1 Å². The first-order chi connectivity index (χ1) is 7.16. The van der Waals surface area contributed by atoms with Crippen molar-refractivity contribution in [3.63, 3.8) is 0 Å². The van der Waals surface area contributed by atoms with Crippen molar-refractivity contribution in [2.75, 3.05) is 0 Å². The van der Waals surface area contributed by atoms with Gasteiger partial charge in [0.2, 0.25) is 0 Å². The van der Waals surface area contributed by atoms with Crippen molar-refractivity contribution in [3.8, 4) is 0 Å². The number of rotatable bonds is 3. The topological polar surface area (TPSA) is 42.2 Å². The van der Waals surface area contributed by atoms with Gasteiger partial charge < -0.3 is 9.67 Å². The maximum atomic E-state index is 10.7. The van der Waals surface area contributed by atoms with Crippen LogP contribution < -0.4 is 0 Å². The van der Waals surface area contributed by atoms with Crippen LogP contribution in [0.4, 0.5) is 0 Å². The van der Waals surface area contributed by atoms with Crippen LogP contribution in [0.15, 0.2) is 34.4 Å². The van der Waals surface area contributed by atoms with Crippen LogP contribution >= 0.6 is 27.3 Å². The zero-order chi connectivity index (χ0) is 10.8. The Morgan fingerprint density at radius 1 is 1.53 bits per heavy atom. The molecule has 0 amide bonds. The van der Waals surface area contributed by atoms with Crippen LogP contribution in [0.3, 0.4) is 0 Å². The Bertz CT molecular complexity index is 489. The highest BCUT2D eigenvalue weighted by atomic mass is 79.9. The monoisotopic (exact) mass is 285 g/mol. The molecule has 15 heavy (non-hydrogen) atoms. The van der Waals surface area contributed by atoms with Crippen LogP contribution in [0.5, 0.6) is 0 Å². The second-order valence-corrected chi connectivity index (χ2v) is 4.92. The second-order valence-electron chi connectivity index (χ2n) is 3.07. The lowest BCUT2D eigenvalue weighted by molar-refractivity contribution is 0.0697. The van der Waals surface area contributed by atoms with Gasteiger partial charge in [0.15, 0.2) is 0 Å². The molecule has 2 heterocycles. The summed E-state index contributed by atoms with van der Waals surface area (Å²) in [5, 5.41) is 10.8. The van der Waals surface area contributed by atoms with Crippen molar-refractivity contribution < 1.29 is 9.90 Å². The molecule has 0 fully saturated rings. The number of carbonyl (C=O) groups is 1. The predicted molar refractivity (Wildman–Crippen MR) is 62.5 cm³/mol. The molecule has 2 rings (SSSR count). The van der Waals surface area contributed by atoms with E-state index in [2.05, 4.69) is 15.9 Å². The summed E-state index contributed by atoms with van der Waals surface area (Å²) in [6.07, 6.45) is 3.41. The summed E-state index contributed by atoms with van der Waals surface area (Å²) < 4.78 is 2.93. The zero-order valence-electron chi connectivity index (χ0n) is 7.68. The Labute approximate surface area is 99.1 Å². The van der Waals surface area contributed by atoms with Crippen LogP contribution in [-0.4, -0.2) is 15.6 Å². The molecule has 0 bridgehead atoms. The van der Waals surface area contributed by atoms with Crippen molar-refractivity contribution in [1.82, 2.24) is 4.57 Å². The number of aromatic nitrogens is 1. The number of hydrogen-bond donors (Lipinski definition) is 1. The molecule has 0 spiro atoms. The molecule has 0 saturated heterocycles. The molecule has 78 valence electrons. The first kappa shape index (κ1) is 10.4. The minimum atomic E-state index is -0.890. The smallest absolute Gasteiger partial charge is 0.337 e. The number of thiophene rings is 1. The van der Waals surface area contributed by atoms with Crippen molar-refractivity contribution >= 4 is 33.2 Å². The van der Waals surface area contributed by atoms with Gasteiger partial charge in [-0.1, -0.05) is 0 Å². The Balaban J connectivity index is 2.18. The highest BCUT2D eigenvalue weighted by molar-refractivity contribution is 9.10. The van der Waals surface area contributed by atoms with Gasteiger partial charge in [-0.15, -0.1) is 11.3 Å². The number of halogens is 1. The van der Waals surface area contributed by atoms with E-state index in [1.165, 1.54) is 4.88 Å². The fourth-order valence-electron chi connectivity index (χ4n) is 1.27. The lowest BCUT2D eigenvalue weighted by Gasteiger charge is -2.00. The van der Waals surface area contributed by atoms with Gasteiger partial charge in [-0.05, 0) is 33.4 Å². The third-order valence-corrected chi connectivity index (χ3v) is 3.93. The molecule has 0 aliphatic rings. The number of aromatic carboxylic acids is 1. The molecule has 0 aromatic carbocycles. The molecule has 0 unspecified atom stereocenters. The number of carboxylic acid groups (broad SMARTS) is 1. The molecule has 5 heteroatoms. The van der Waals surface area contributed by atoms with Gasteiger partial charge in [0.25, 0.3) is 0 Å². The third-order valence-electron chi connectivity index (χ3n) is 2.01. The zero-order valence-corrected chi connectivity index (χ0v) is 10.1. The lowest BCUT2D eigenvalue weighted by atomic mass is 10.4. The van der Waals surface area contributed by atoms with Crippen molar-refractivity contribution in [2.24, 2.45) is 0 Å². The number of nitrogens with zero attached hydrogens (tertiary/aromatic N) is 1. The predicted octanol–water partition coefficient (Wildman–Crippen LogP) is 3.06. The van der Waals surface area contributed by atoms with E-state index < -0.39 is 5.97 Å². The van der Waals surface area contributed by atoms with Gasteiger partial charge in [-0.25, -0.2) is 4.79 Å². The van der Waals surface area contributed by atoms with Crippen LogP contribution in [0, 0.1) is 0 Å².